The van der Waals surface area contributed by atoms with E-state index in [1.54, 1.807) is 0 Å². The third-order valence-corrected chi connectivity index (χ3v) is 3.37. The Morgan fingerprint density at radius 2 is 1.65 bits per heavy atom. The van der Waals surface area contributed by atoms with Gasteiger partial charge in [0.05, 0.1) is 6.61 Å². The van der Waals surface area contributed by atoms with Crippen molar-refractivity contribution in [2.75, 3.05) is 6.61 Å². The first-order chi connectivity index (χ1) is 9.86. The molecule has 0 aliphatic rings. The summed E-state index contributed by atoms with van der Waals surface area (Å²) in [5.41, 5.74) is 2.47. The molecule has 0 saturated heterocycles. The van der Waals surface area contributed by atoms with Gasteiger partial charge in [0, 0.05) is 18.8 Å². The summed E-state index contributed by atoms with van der Waals surface area (Å²) in [6.07, 6.45) is 4.52. The van der Waals surface area contributed by atoms with Crippen LogP contribution in [0, 0.1) is 0 Å². The van der Waals surface area contributed by atoms with Gasteiger partial charge in [-0.05, 0) is 53.1 Å². The second-order valence-electron chi connectivity index (χ2n) is 4.77. The van der Waals surface area contributed by atoms with Crippen LogP contribution in [0.2, 0.25) is 0 Å². The molecule has 100 valence electrons. The Balaban J connectivity index is 2.05. The standard InChI is InChI=1S/C18H17NO/c1-2-20-18-13-16-6-4-3-5-15(16)12-17(18)11-14-7-9-19-10-8-14/h3-10,12-13H,2,11H2,1H3. The second-order valence-corrected chi connectivity index (χ2v) is 4.77. The van der Waals surface area contributed by atoms with Crippen LogP contribution >= 0.6 is 0 Å². The van der Waals surface area contributed by atoms with E-state index in [0.29, 0.717) is 6.61 Å². The molecule has 0 fully saturated rings. The topological polar surface area (TPSA) is 22.1 Å². The monoisotopic (exact) mass is 263 g/mol. The molecule has 0 bridgehead atoms. The maximum absolute atomic E-state index is 5.80. The molecule has 1 heterocycles. The fraction of sp³-hybridized carbons (Fsp3) is 0.167. The van der Waals surface area contributed by atoms with Crippen molar-refractivity contribution in [3.8, 4) is 5.75 Å². The number of hydrogen-bond acceptors (Lipinski definition) is 2. The molecule has 1 aromatic heterocycles. The number of aromatic nitrogens is 1. The van der Waals surface area contributed by atoms with E-state index in [1.807, 2.05) is 31.5 Å². The Bertz CT molecular complexity index is 707. The summed E-state index contributed by atoms with van der Waals surface area (Å²) >= 11 is 0. The zero-order valence-corrected chi connectivity index (χ0v) is 11.5. The van der Waals surface area contributed by atoms with Crippen LogP contribution < -0.4 is 4.74 Å². The highest BCUT2D eigenvalue weighted by atomic mass is 16.5. The van der Waals surface area contributed by atoms with Crippen LogP contribution in [0.3, 0.4) is 0 Å². The maximum Gasteiger partial charge on any atom is 0.123 e. The average molecular weight is 263 g/mol. The lowest BCUT2D eigenvalue weighted by molar-refractivity contribution is 0.337. The molecule has 0 spiro atoms. The SMILES string of the molecule is CCOc1cc2ccccc2cc1Cc1ccncc1. The number of hydrogen-bond donors (Lipinski definition) is 0. The van der Waals surface area contributed by atoms with Crippen LogP contribution in [-0.4, -0.2) is 11.6 Å². The minimum absolute atomic E-state index is 0.682. The van der Waals surface area contributed by atoms with Crippen molar-refractivity contribution in [1.29, 1.82) is 0 Å². The zero-order valence-electron chi connectivity index (χ0n) is 11.5. The Morgan fingerprint density at radius 1 is 0.950 bits per heavy atom. The molecule has 0 atom stereocenters. The smallest absolute Gasteiger partial charge is 0.123 e. The third kappa shape index (κ3) is 2.64. The number of ether oxygens (including phenoxy) is 1. The fourth-order valence-electron chi connectivity index (χ4n) is 2.42. The first kappa shape index (κ1) is 12.7. The zero-order chi connectivity index (χ0) is 13.8. The number of benzene rings is 2. The molecule has 0 aliphatic heterocycles. The molecule has 3 aromatic rings. The predicted molar refractivity (Wildman–Crippen MR) is 82.2 cm³/mol. The molecular formula is C18H17NO. The Labute approximate surface area is 119 Å². The Kier molecular flexibility index (Phi) is 3.64. The quantitative estimate of drug-likeness (QED) is 0.703. The lowest BCUT2D eigenvalue weighted by Gasteiger charge is -2.12. The molecule has 0 saturated carbocycles. The van der Waals surface area contributed by atoms with Gasteiger partial charge < -0.3 is 4.74 Å². The first-order valence-electron chi connectivity index (χ1n) is 6.90. The maximum atomic E-state index is 5.80. The van der Waals surface area contributed by atoms with Crippen molar-refractivity contribution >= 4 is 10.8 Å². The van der Waals surface area contributed by atoms with Gasteiger partial charge in [0.1, 0.15) is 5.75 Å². The molecule has 0 unspecified atom stereocenters. The largest absolute Gasteiger partial charge is 0.494 e. The molecule has 2 aromatic carbocycles. The van der Waals surface area contributed by atoms with Crippen LogP contribution in [-0.2, 0) is 6.42 Å². The lowest BCUT2D eigenvalue weighted by Crippen LogP contribution is -1.98. The van der Waals surface area contributed by atoms with Gasteiger partial charge in [-0.2, -0.15) is 0 Å². The van der Waals surface area contributed by atoms with Crippen LogP contribution in [0.25, 0.3) is 10.8 Å². The minimum atomic E-state index is 0.682. The van der Waals surface area contributed by atoms with Gasteiger partial charge in [-0.25, -0.2) is 0 Å². The highest BCUT2D eigenvalue weighted by molar-refractivity contribution is 5.85. The van der Waals surface area contributed by atoms with Gasteiger partial charge in [0.25, 0.3) is 0 Å². The molecule has 3 rings (SSSR count). The van der Waals surface area contributed by atoms with E-state index in [9.17, 15) is 0 Å². The van der Waals surface area contributed by atoms with Gasteiger partial charge in [0.2, 0.25) is 0 Å². The fourth-order valence-corrected chi connectivity index (χ4v) is 2.42. The predicted octanol–water partition coefficient (Wildman–Crippen LogP) is 4.22. The normalized spacial score (nSPS) is 10.7. The Hall–Kier alpha value is -2.35. The lowest BCUT2D eigenvalue weighted by atomic mass is 10.0. The summed E-state index contributed by atoms with van der Waals surface area (Å²) in [5, 5.41) is 2.47. The number of fused-ring (bicyclic) bond motifs is 1. The molecular weight excluding hydrogens is 246 g/mol. The molecule has 20 heavy (non-hydrogen) atoms. The summed E-state index contributed by atoms with van der Waals surface area (Å²) in [6.45, 7) is 2.70. The second kappa shape index (κ2) is 5.74. The first-order valence-corrected chi connectivity index (χ1v) is 6.90. The van der Waals surface area contributed by atoms with E-state index in [-0.39, 0.29) is 0 Å². The summed E-state index contributed by atoms with van der Waals surface area (Å²) in [4.78, 5) is 4.06. The van der Waals surface area contributed by atoms with Crippen molar-refractivity contribution in [2.24, 2.45) is 0 Å². The summed E-state index contributed by atoms with van der Waals surface area (Å²) < 4.78 is 5.80. The van der Waals surface area contributed by atoms with Crippen LogP contribution in [0.15, 0.2) is 60.9 Å². The third-order valence-electron chi connectivity index (χ3n) is 3.37. The van der Waals surface area contributed by atoms with E-state index in [2.05, 4.69) is 41.4 Å². The van der Waals surface area contributed by atoms with E-state index in [0.717, 1.165) is 12.2 Å². The van der Waals surface area contributed by atoms with Crippen LogP contribution in [0.4, 0.5) is 0 Å². The Morgan fingerprint density at radius 3 is 2.35 bits per heavy atom. The van der Waals surface area contributed by atoms with Crippen molar-refractivity contribution in [1.82, 2.24) is 4.98 Å². The molecule has 0 amide bonds. The molecule has 0 radical (unpaired) electrons. The van der Waals surface area contributed by atoms with Gasteiger partial charge in [-0.15, -0.1) is 0 Å². The molecule has 0 aliphatic carbocycles. The van der Waals surface area contributed by atoms with Crippen LogP contribution in [0.5, 0.6) is 5.75 Å². The van der Waals surface area contributed by atoms with E-state index in [4.69, 9.17) is 4.74 Å². The summed E-state index contributed by atoms with van der Waals surface area (Å²) in [5.74, 6) is 0.975. The van der Waals surface area contributed by atoms with Crippen molar-refractivity contribution < 1.29 is 4.74 Å². The van der Waals surface area contributed by atoms with Crippen molar-refractivity contribution in [2.45, 2.75) is 13.3 Å². The average Bonchev–Trinajstić information content (AvgIpc) is 2.49. The van der Waals surface area contributed by atoms with E-state index < -0.39 is 0 Å². The summed E-state index contributed by atoms with van der Waals surface area (Å²) in [7, 11) is 0. The van der Waals surface area contributed by atoms with Gasteiger partial charge in [-0.3, -0.25) is 4.98 Å². The highest BCUT2D eigenvalue weighted by Crippen LogP contribution is 2.28. The van der Waals surface area contributed by atoms with Crippen LogP contribution in [0.1, 0.15) is 18.1 Å². The van der Waals surface area contributed by atoms with Gasteiger partial charge >= 0.3 is 0 Å². The van der Waals surface area contributed by atoms with E-state index in [1.165, 1.54) is 21.9 Å². The highest BCUT2D eigenvalue weighted by Gasteiger charge is 2.07. The molecule has 2 nitrogen and oxygen atoms in total. The van der Waals surface area contributed by atoms with Crippen molar-refractivity contribution in [3.63, 3.8) is 0 Å². The minimum Gasteiger partial charge on any atom is -0.494 e. The number of nitrogens with zero attached hydrogens (tertiary/aromatic N) is 1. The number of rotatable bonds is 4. The molecule has 0 N–H and O–H groups in total. The van der Waals surface area contributed by atoms with Gasteiger partial charge in [-0.1, -0.05) is 24.3 Å². The van der Waals surface area contributed by atoms with Gasteiger partial charge in [0.15, 0.2) is 0 Å². The van der Waals surface area contributed by atoms with E-state index >= 15 is 0 Å². The summed E-state index contributed by atoms with van der Waals surface area (Å²) in [6, 6.07) is 16.8. The van der Waals surface area contributed by atoms with Crippen molar-refractivity contribution in [3.05, 3.63) is 72.1 Å². The molecule has 2 heteroatoms. The number of pyridine rings is 1.